The Kier molecular flexibility index (Phi) is 8.28. The molecule has 0 unspecified atom stereocenters. The van der Waals surface area contributed by atoms with Crippen LogP contribution in [-0.2, 0) is 4.79 Å². The molecule has 4 aromatic rings. The third kappa shape index (κ3) is 5.79. The third-order valence-corrected chi connectivity index (χ3v) is 6.49. The van der Waals surface area contributed by atoms with E-state index in [0.29, 0.717) is 22.0 Å². The molecule has 0 fully saturated rings. The molecular formula is C28H19F4N3O2S. The van der Waals surface area contributed by atoms with Gasteiger partial charge in [0.15, 0.2) is 23.3 Å². The number of pyridine rings is 1. The van der Waals surface area contributed by atoms with Crippen molar-refractivity contribution in [2.45, 2.75) is 11.4 Å². The van der Waals surface area contributed by atoms with Crippen molar-refractivity contribution >= 4 is 23.4 Å². The summed E-state index contributed by atoms with van der Waals surface area (Å²) in [7, 11) is 1.55. The number of nitrogens with zero attached hydrogens (tertiary/aromatic N) is 2. The quantitative estimate of drug-likeness (QED) is 0.149. The number of nitriles is 1. The van der Waals surface area contributed by atoms with Crippen molar-refractivity contribution in [3.05, 3.63) is 95.6 Å². The highest BCUT2D eigenvalue weighted by Gasteiger charge is 2.21. The van der Waals surface area contributed by atoms with Gasteiger partial charge in [-0.15, -0.1) is 11.8 Å². The van der Waals surface area contributed by atoms with Crippen LogP contribution in [-0.4, -0.2) is 23.8 Å². The minimum absolute atomic E-state index is 0.0609. The Morgan fingerprint density at radius 1 is 0.974 bits per heavy atom. The Hall–Kier alpha value is -4.36. The summed E-state index contributed by atoms with van der Waals surface area (Å²) >= 11 is 1.10. The van der Waals surface area contributed by atoms with Crippen LogP contribution in [0.4, 0.5) is 23.2 Å². The zero-order valence-electron chi connectivity index (χ0n) is 19.9. The molecule has 0 aliphatic heterocycles. The number of thioether (sulfide) groups is 1. The molecule has 0 atom stereocenters. The maximum Gasteiger partial charge on any atom is 0.225 e. The molecule has 0 saturated carbocycles. The van der Waals surface area contributed by atoms with E-state index in [9.17, 15) is 27.6 Å². The minimum atomic E-state index is -1.70. The fourth-order valence-corrected chi connectivity index (χ4v) is 4.56. The predicted molar refractivity (Wildman–Crippen MR) is 137 cm³/mol. The zero-order chi connectivity index (χ0) is 27.2. The van der Waals surface area contributed by atoms with E-state index in [1.807, 2.05) is 47.8 Å². The van der Waals surface area contributed by atoms with Crippen LogP contribution in [0.1, 0.15) is 12.0 Å². The first-order valence-electron chi connectivity index (χ1n) is 11.2. The number of amides is 1. The standard InChI is InChI=1S/C28H19F4N3O2S/c1-37-18-9-7-16(8-10-18)19-13-23(17-5-3-2-4-6-17)34-28(20(19)15-33)38-12-11-24(36)35-27-25(31)21(29)14-22(30)26(27)32/h2-10,13-14H,11-12H2,1H3,(H,35,36). The number of rotatable bonds is 8. The summed E-state index contributed by atoms with van der Waals surface area (Å²) in [6.07, 6.45) is -0.276. The molecule has 0 spiro atoms. The lowest BCUT2D eigenvalue weighted by molar-refractivity contribution is -0.115. The number of benzene rings is 3. The molecule has 3 aromatic carbocycles. The number of carbonyl (C=O) groups excluding carboxylic acids is 1. The number of aromatic nitrogens is 1. The first kappa shape index (κ1) is 26.7. The Balaban J connectivity index is 1.61. The fourth-order valence-electron chi connectivity index (χ4n) is 3.61. The first-order valence-corrected chi connectivity index (χ1v) is 12.2. The summed E-state index contributed by atoms with van der Waals surface area (Å²) < 4.78 is 59.9. The summed E-state index contributed by atoms with van der Waals surface area (Å²) in [6, 6.07) is 20.5. The lowest BCUT2D eigenvalue weighted by atomic mass is 9.99. The average molecular weight is 538 g/mol. The zero-order valence-corrected chi connectivity index (χ0v) is 20.7. The lowest BCUT2D eigenvalue weighted by Crippen LogP contribution is -2.16. The number of carbonyl (C=O) groups is 1. The van der Waals surface area contributed by atoms with Gasteiger partial charge in [0, 0.05) is 29.4 Å². The molecule has 0 aliphatic carbocycles. The summed E-state index contributed by atoms with van der Waals surface area (Å²) in [5.74, 6) is -6.80. The molecule has 0 radical (unpaired) electrons. The number of anilines is 1. The van der Waals surface area contributed by atoms with E-state index in [-0.39, 0.29) is 23.8 Å². The molecule has 1 aromatic heterocycles. The largest absolute Gasteiger partial charge is 0.497 e. The van der Waals surface area contributed by atoms with Crippen LogP contribution in [0.3, 0.4) is 0 Å². The van der Waals surface area contributed by atoms with Crippen LogP contribution in [0.5, 0.6) is 5.75 Å². The van der Waals surface area contributed by atoms with Gasteiger partial charge < -0.3 is 10.1 Å². The summed E-state index contributed by atoms with van der Waals surface area (Å²) in [5, 5.41) is 12.2. The SMILES string of the molecule is COc1ccc(-c2cc(-c3ccccc3)nc(SCCC(=O)Nc3c(F)c(F)cc(F)c3F)c2C#N)cc1. The van der Waals surface area contributed by atoms with Crippen molar-refractivity contribution in [2.24, 2.45) is 0 Å². The molecule has 0 saturated heterocycles. The number of halogens is 4. The van der Waals surface area contributed by atoms with Crippen LogP contribution >= 0.6 is 11.8 Å². The van der Waals surface area contributed by atoms with Crippen LogP contribution in [0.2, 0.25) is 0 Å². The number of ether oxygens (including phenoxy) is 1. The maximum absolute atomic E-state index is 13.9. The van der Waals surface area contributed by atoms with Gasteiger partial charge in [-0.05, 0) is 23.8 Å². The molecule has 1 N–H and O–H groups in total. The van der Waals surface area contributed by atoms with Crippen molar-refractivity contribution in [3.8, 4) is 34.2 Å². The van der Waals surface area contributed by atoms with Gasteiger partial charge >= 0.3 is 0 Å². The summed E-state index contributed by atoms with van der Waals surface area (Å²) in [4.78, 5) is 17.0. The molecule has 1 heterocycles. The molecule has 0 aliphatic rings. The second-order valence-corrected chi connectivity index (χ2v) is 9.01. The molecular weight excluding hydrogens is 518 g/mol. The number of methoxy groups -OCH3 is 1. The van der Waals surface area contributed by atoms with Gasteiger partial charge in [-0.3, -0.25) is 4.79 Å². The number of hydrogen-bond acceptors (Lipinski definition) is 5. The van der Waals surface area contributed by atoms with Gasteiger partial charge in [-0.2, -0.15) is 5.26 Å². The Morgan fingerprint density at radius 3 is 2.24 bits per heavy atom. The van der Waals surface area contributed by atoms with Gasteiger partial charge in [0.2, 0.25) is 5.91 Å². The van der Waals surface area contributed by atoms with Crippen molar-refractivity contribution in [2.75, 3.05) is 18.2 Å². The molecule has 10 heteroatoms. The summed E-state index contributed by atoms with van der Waals surface area (Å²) in [5.41, 5.74) is 1.87. The van der Waals surface area contributed by atoms with E-state index >= 15 is 0 Å². The topological polar surface area (TPSA) is 75.0 Å². The van der Waals surface area contributed by atoms with E-state index in [0.717, 1.165) is 22.9 Å². The Bertz CT molecular complexity index is 1500. The molecule has 5 nitrogen and oxygen atoms in total. The number of hydrogen-bond donors (Lipinski definition) is 1. The Labute approximate surface area is 220 Å². The van der Waals surface area contributed by atoms with E-state index in [1.54, 1.807) is 25.3 Å². The van der Waals surface area contributed by atoms with Gasteiger partial charge in [-0.25, -0.2) is 22.5 Å². The monoisotopic (exact) mass is 537 g/mol. The highest BCUT2D eigenvalue weighted by atomic mass is 32.2. The van der Waals surface area contributed by atoms with Gasteiger partial charge in [0.1, 0.15) is 22.5 Å². The van der Waals surface area contributed by atoms with Crippen molar-refractivity contribution < 1.29 is 27.1 Å². The minimum Gasteiger partial charge on any atom is -0.497 e. The van der Waals surface area contributed by atoms with Crippen LogP contribution in [0.25, 0.3) is 22.4 Å². The second kappa shape index (κ2) is 11.8. The van der Waals surface area contributed by atoms with E-state index in [1.165, 1.54) is 0 Å². The average Bonchev–Trinajstić information content (AvgIpc) is 2.94. The summed E-state index contributed by atoms with van der Waals surface area (Å²) in [6.45, 7) is 0. The van der Waals surface area contributed by atoms with Crippen LogP contribution in [0.15, 0.2) is 71.8 Å². The van der Waals surface area contributed by atoms with E-state index < -0.39 is 34.9 Å². The van der Waals surface area contributed by atoms with Crippen molar-refractivity contribution in [1.29, 1.82) is 5.26 Å². The molecule has 38 heavy (non-hydrogen) atoms. The highest BCUT2D eigenvalue weighted by Crippen LogP contribution is 2.35. The maximum atomic E-state index is 13.9. The van der Waals surface area contributed by atoms with E-state index in [4.69, 9.17) is 4.74 Å². The first-order chi connectivity index (χ1) is 18.3. The van der Waals surface area contributed by atoms with Gasteiger partial charge in [0.05, 0.1) is 18.4 Å². The van der Waals surface area contributed by atoms with E-state index in [2.05, 4.69) is 11.1 Å². The van der Waals surface area contributed by atoms with Crippen LogP contribution < -0.4 is 10.1 Å². The molecule has 1 amide bonds. The van der Waals surface area contributed by atoms with Crippen LogP contribution in [0, 0.1) is 34.6 Å². The third-order valence-electron chi connectivity index (χ3n) is 5.51. The fraction of sp³-hybridized carbons (Fsp3) is 0.107. The molecule has 4 rings (SSSR count). The van der Waals surface area contributed by atoms with Gasteiger partial charge in [0.25, 0.3) is 0 Å². The van der Waals surface area contributed by atoms with Crippen molar-refractivity contribution in [1.82, 2.24) is 4.98 Å². The molecule has 192 valence electrons. The predicted octanol–water partition coefficient (Wildman–Crippen LogP) is 6.97. The highest BCUT2D eigenvalue weighted by molar-refractivity contribution is 7.99. The van der Waals surface area contributed by atoms with Gasteiger partial charge in [-0.1, -0.05) is 42.5 Å². The normalized spacial score (nSPS) is 10.6. The smallest absolute Gasteiger partial charge is 0.225 e. The lowest BCUT2D eigenvalue weighted by Gasteiger charge is -2.13. The molecule has 0 bridgehead atoms. The number of nitrogens with one attached hydrogen (secondary N) is 1. The Morgan fingerprint density at radius 2 is 1.63 bits per heavy atom. The van der Waals surface area contributed by atoms with Crippen molar-refractivity contribution in [3.63, 3.8) is 0 Å². The second-order valence-electron chi connectivity index (χ2n) is 7.93.